The summed E-state index contributed by atoms with van der Waals surface area (Å²) in [4.78, 5) is 10.6. The van der Waals surface area contributed by atoms with E-state index in [1.807, 2.05) is 6.92 Å². The summed E-state index contributed by atoms with van der Waals surface area (Å²) in [6, 6.07) is 6.30. The second kappa shape index (κ2) is 6.65. The van der Waals surface area contributed by atoms with E-state index in [0.29, 0.717) is 0 Å². The SMILES string of the molecule is Cc1ccc(S(=O)(=O)NCC(CO)CC(=O)O)cc1. The fourth-order valence-corrected chi connectivity index (χ4v) is 2.59. The predicted octanol–water partition coefficient (Wildman–Crippen LogP) is 0.357. The Morgan fingerprint density at radius 2 is 1.89 bits per heavy atom. The summed E-state index contributed by atoms with van der Waals surface area (Å²) in [7, 11) is -3.67. The minimum atomic E-state index is -3.67. The molecule has 19 heavy (non-hydrogen) atoms. The molecule has 106 valence electrons. The zero-order chi connectivity index (χ0) is 14.5. The first-order chi connectivity index (χ1) is 8.85. The smallest absolute Gasteiger partial charge is 0.303 e. The standard InChI is InChI=1S/C12H17NO5S/c1-9-2-4-11(5-3-9)19(17,18)13-7-10(8-14)6-12(15)16/h2-5,10,13-14H,6-8H2,1H3,(H,15,16). The molecule has 0 heterocycles. The third-order valence-electron chi connectivity index (χ3n) is 2.61. The predicted molar refractivity (Wildman–Crippen MR) is 69.2 cm³/mol. The van der Waals surface area contributed by atoms with Crippen molar-refractivity contribution < 1.29 is 23.4 Å². The van der Waals surface area contributed by atoms with Crippen LogP contribution in [-0.4, -0.2) is 37.8 Å². The van der Waals surface area contributed by atoms with Gasteiger partial charge >= 0.3 is 5.97 Å². The normalized spacial score (nSPS) is 13.2. The number of carbonyl (C=O) groups is 1. The number of sulfonamides is 1. The number of aliphatic carboxylic acids is 1. The second-order valence-corrected chi connectivity index (χ2v) is 6.08. The molecule has 0 aliphatic carbocycles. The van der Waals surface area contributed by atoms with Crippen LogP contribution < -0.4 is 4.72 Å². The van der Waals surface area contributed by atoms with Crippen LogP contribution in [0.4, 0.5) is 0 Å². The molecule has 0 aromatic heterocycles. The van der Waals surface area contributed by atoms with E-state index in [0.717, 1.165) is 5.56 Å². The van der Waals surface area contributed by atoms with Crippen LogP contribution in [0.15, 0.2) is 29.2 Å². The van der Waals surface area contributed by atoms with E-state index < -0.39 is 21.9 Å². The fraction of sp³-hybridized carbons (Fsp3) is 0.417. The molecule has 0 fully saturated rings. The highest BCUT2D eigenvalue weighted by Crippen LogP contribution is 2.10. The molecule has 0 saturated heterocycles. The molecule has 0 aliphatic heterocycles. The van der Waals surface area contributed by atoms with Gasteiger partial charge in [0.05, 0.1) is 11.3 Å². The third-order valence-corrected chi connectivity index (χ3v) is 4.05. The average molecular weight is 287 g/mol. The highest BCUT2D eigenvalue weighted by Gasteiger charge is 2.18. The van der Waals surface area contributed by atoms with Gasteiger partial charge in [0.25, 0.3) is 0 Å². The molecule has 1 aromatic rings. The molecule has 1 atom stereocenters. The molecule has 7 heteroatoms. The number of hydrogen-bond acceptors (Lipinski definition) is 4. The maximum Gasteiger partial charge on any atom is 0.303 e. The lowest BCUT2D eigenvalue weighted by atomic mass is 10.1. The lowest BCUT2D eigenvalue weighted by Gasteiger charge is -2.13. The Hall–Kier alpha value is -1.44. The van der Waals surface area contributed by atoms with Crippen molar-refractivity contribution in [2.24, 2.45) is 5.92 Å². The van der Waals surface area contributed by atoms with Gasteiger partial charge in [-0.25, -0.2) is 13.1 Å². The zero-order valence-electron chi connectivity index (χ0n) is 10.5. The Kier molecular flexibility index (Phi) is 5.46. The van der Waals surface area contributed by atoms with Crippen molar-refractivity contribution in [3.05, 3.63) is 29.8 Å². The monoisotopic (exact) mass is 287 g/mol. The number of nitrogens with one attached hydrogen (secondary N) is 1. The minimum absolute atomic E-state index is 0.112. The summed E-state index contributed by atoms with van der Waals surface area (Å²) < 4.78 is 26.1. The Balaban J connectivity index is 2.69. The van der Waals surface area contributed by atoms with Gasteiger partial charge in [0.2, 0.25) is 10.0 Å². The lowest BCUT2D eigenvalue weighted by Crippen LogP contribution is -2.32. The van der Waals surface area contributed by atoms with Crippen LogP contribution in [0.2, 0.25) is 0 Å². The zero-order valence-corrected chi connectivity index (χ0v) is 11.4. The molecule has 1 rings (SSSR count). The Morgan fingerprint density at radius 1 is 1.32 bits per heavy atom. The summed E-state index contributed by atoms with van der Waals surface area (Å²) >= 11 is 0. The number of carboxylic acids is 1. The Morgan fingerprint density at radius 3 is 2.37 bits per heavy atom. The van der Waals surface area contributed by atoms with E-state index in [1.54, 1.807) is 12.1 Å². The summed E-state index contributed by atoms with van der Waals surface area (Å²) in [6.07, 6.45) is -0.285. The average Bonchev–Trinajstić information content (AvgIpc) is 2.34. The van der Waals surface area contributed by atoms with Gasteiger partial charge in [0, 0.05) is 19.1 Å². The largest absolute Gasteiger partial charge is 0.481 e. The van der Waals surface area contributed by atoms with Crippen molar-refractivity contribution in [3.63, 3.8) is 0 Å². The molecule has 0 bridgehead atoms. The van der Waals surface area contributed by atoms with E-state index in [4.69, 9.17) is 10.2 Å². The fourth-order valence-electron chi connectivity index (χ4n) is 1.48. The maximum absolute atomic E-state index is 11.9. The number of aryl methyl sites for hydroxylation is 1. The van der Waals surface area contributed by atoms with Crippen molar-refractivity contribution in [1.82, 2.24) is 4.72 Å². The molecule has 0 amide bonds. The lowest BCUT2D eigenvalue weighted by molar-refractivity contribution is -0.138. The number of aliphatic hydroxyl groups is 1. The van der Waals surface area contributed by atoms with Gasteiger partial charge < -0.3 is 10.2 Å². The van der Waals surface area contributed by atoms with Gasteiger partial charge in [-0.1, -0.05) is 17.7 Å². The number of rotatable bonds is 7. The number of aliphatic hydroxyl groups excluding tert-OH is 1. The summed E-state index contributed by atoms with van der Waals surface area (Å²) in [5.41, 5.74) is 0.943. The molecule has 3 N–H and O–H groups in total. The Bertz CT molecular complexity index is 524. The molecular weight excluding hydrogens is 270 g/mol. The van der Waals surface area contributed by atoms with Crippen molar-refractivity contribution >= 4 is 16.0 Å². The van der Waals surface area contributed by atoms with E-state index >= 15 is 0 Å². The molecule has 0 saturated carbocycles. The van der Waals surface area contributed by atoms with Crippen LogP contribution in [0.3, 0.4) is 0 Å². The van der Waals surface area contributed by atoms with Crippen LogP contribution in [-0.2, 0) is 14.8 Å². The van der Waals surface area contributed by atoms with E-state index in [1.165, 1.54) is 12.1 Å². The van der Waals surface area contributed by atoms with Crippen LogP contribution in [0, 0.1) is 12.8 Å². The first kappa shape index (κ1) is 15.6. The van der Waals surface area contributed by atoms with Gasteiger partial charge in [-0.15, -0.1) is 0 Å². The van der Waals surface area contributed by atoms with Crippen LogP contribution in [0.25, 0.3) is 0 Å². The van der Waals surface area contributed by atoms with Crippen molar-refractivity contribution in [3.8, 4) is 0 Å². The van der Waals surface area contributed by atoms with Gasteiger partial charge in [-0.05, 0) is 19.1 Å². The first-order valence-electron chi connectivity index (χ1n) is 5.74. The molecule has 0 aliphatic rings. The maximum atomic E-state index is 11.9. The van der Waals surface area contributed by atoms with Gasteiger partial charge in [0.15, 0.2) is 0 Å². The summed E-state index contributed by atoms with van der Waals surface area (Å²) in [5.74, 6) is -1.72. The molecular formula is C12H17NO5S. The van der Waals surface area contributed by atoms with E-state index in [2.05, 4.69) is 4.72 Å². The van der Waals surface area contributed by atoms with Crippen molar-refractivity contribution in [1.29, 1.82) is 0 Å². The molecule has 6 nitrogen and oxygen atoms in total. The second-order valence-electron chi connectivity index (χ2n) is 4.31. The van der Waals surface area contributed by atoms with Gasteiger partial charge in [-0.2, -0.15) is 0 Å². The third kappa shape index (κ3) is 4.98. The van der Waals surface area contributed by atoms with Crippen LogP contribution in [0.1, 0.15) is 12.0 Å². The quantitative estimate of drug-likeness (QED) is 0.671. The summed E-state index contributed by atoms with van der Waals surface area (Å²) in [5, 5.41) is 17.6. The van der Waals surface area contributed by atoms with Crippen LogP contribution in [0.5, 0.6) is 0 Å². The summed E-state index contributed by atoms with van der Waals surface area (Å²) in [6.45, 7) is 1.35. The molecule has 1 aromatic carbocycles. The van der Waals surface area contributed by atoms with Crippen LogP contribution >= 0.6 is 0 Å². The van der Waals surface area contributed by atoms with E-state index in [-0.39, 0.29) is 24.5 Å². The number of benzene rings is 1. The van der Waals surface area contributed by atoms with E-state index in [9.17, 15) is 13.2 Å². The molecule has 0 radical (unpaired) electrons. The van der Waals surface area contributed by atoms with Gasteiger partial charge in [0.1, 0.15) is 0 Å². The highest BCUT2D eigenvalue weighted by molar-refractivity contribution is 7.89. The Labute approximate surface area is 112 Å². The molecule has 1 unspecified atom stereocenters. The first-order valence-corrected chi connectivity index (χ1v) is 7.22. The number of hydrogen-bond donors (Lipinski definition) is 3. The van der Waals surface area contributed by atoms with Crippen molar-refractivity contribution in [2.75, 3.05) is 13.2 Å². The number of carboxylic acid groups (broad SMARTS) is 1. The van der Waals surface area contributed by atoms with Gasteiger partial charge in [-0.3, -0.25) is 4.79 Å². The minimum Gasteiger partial charge on any atom is -0.481 e. The topological polar surface area (TPSA) is 104 Å². The highest BCUT2D eigenvalue weighted by atomic mass is 32.2. The van der Waals surface area contributed by atoms with Crippen molar-refractivity contribution in [2.45, 2.75) is 18.2 Å². The molecule has 0 spiro atoms.